The molecule has 0 radical (unpaired) electrons. The van der Waals surface area contributed by atoms with E-state index in [-0.39, 0.29) is 11.3 Å². The number of carbonyl (C=O) groups is 3. The third kappa shape index (κ3) is 3.39. The second-order valence-corrected chi connectivity index (χ2v) is 5.98. The predicted molar refractivity (Wildman–Crippen MR) is 82.9 cm³/mol. The molecule has 2 rings (SSSR count). The first-order valence-electron chi connectivity index (χ1n) is 6.61. The fourth-order valence-corrected chi connectivity index (χ4v) is 2.89. The lowest BCUT2D eigenvalue weighted by Crippen LogP contribution is -2.27. The van der Waals surface area contributed by atoms with Crippen molar-refractivity contribution in [3.8, 4) is 0 Å². The fourth-order valence-electron chi connectivity index (χ4n) is 1.99. The van der Waals surface area contributed by atoms with E-state index in [0.29, 0.717) is 5.00 Å². The van der Waals surface area contributed by atoms with Gasteiger partial charge in [-0.25, -0.2) is 14.3 Å². The van der Waals surface area contributed by atoms with Gasteiger partial charge in [0.1, 0.15) is 16.7 Å². The Balaban J connectivity index is 2.24. The number of carboxylic acids is 1. The fraction of sp³-hybridized carbons (Fsp3) is 0.286. The van der Waals surface area contributed by atoms with Crippen molar-refractivity contribution in [3.05, 3.63) is 34.5 Å². The molecule has 1 unspecified atom stereocenters. The summed E-state index contributed by atoms with van der Waals surface area (Å²) >= 11 is 1.23. The Kier molecular flexibility index (Phi) is 4.80. The number of hydrogen-bond acceptors (Lipinski definition) is 6. The Bertz CT molecular complexity index is 764. The Morgan fingerprint density at radius 2 is 2.13 bits per heavy atom. The molecular formula is C14H15N3O5S. The van der Waals surface area contributed by atoms with Crippen molar-refractivity contribution in [2.45, 2.75) is 19.9 Å². The molecule has 2 aromatic heterocycles. The summed E-state index contributed by atoms with van der Waals surface area (Å²) in [6.07, 6.45) is 1.31. The van der Waals surface area contributed by atoms with Crippen LogP contribution in [0.25, 0.3) is 0 Å². The molecule has 1 amide bonds. The normalized spacial score (nSPS) is 11.8. The molecule has 0 saturated heterocycles. The van der Waals surface area contributed by atoms with Crippen LogP contribution in [-0.2, 0) is 9.53 Å². The van der Waals surface area contributed by atoms with E-state index in [0.717, 1.165) is 9.56 Å². The number of carboxylic acid groups (broad SMARTS) is 1. The van der Waals surface area contributed by atoms with Gasteiger partial charge in [-0.15, -0.1) is 11.3 Å². The van der Waals surface area contributed by atoms with Crippen molar-refractivity contribution in [3.63, 3.8) is 0 Å². The van der Waals surface area contributed by atoms with E-state index in [1.54, 1.807) is 13.0 Å². The number of anilines is 1. The van der Waals surface area contributed by atoms with Crippen LogP contribution in [0.5, 0.6) is 0 Å². The van der Waals surface area contributed by atoms with Gasteiger partial charge in [0.15, 0.2) is 0 Å². The number of methoxy groups -OCH3 is 1. The van der Waals surface area contributed by atoms with Gasteiger partial charge in [0.05, 0.1) is 12.7 Å². The predicted octanol–water partition coefficient (Wildman–Crippen LogP) is 1.94. The van der Waals surface area contributed by atoms with Gasteiger partial charge in [-0.2, -0.15) is 5.10 Å². The maximum absolute atomic E-state index is 12.3. The van der Waals surface area contributed by atoms with Crippen molar-refractivity contribution in [2.24, 2.45) is 0 Å². The molecule has 0 aliphatic heterocycles. The number of aryl methyl sites for hydroxylation is 1. The van der Waals surface area contributed by atoms with Gasteiger partial charge in [0, 0.05) is 11.1 Å². The number of aromatic carboxylic acids is 1. The lowest BCUT2D eigenvalue weighted by Gasteiger charge is -2.14. The number of amides is 1. The monoisotopic (exact) mass is 337 g/mol. The van der Waals surface area contributed by atoms with Crippen molar-refractivity contribution in [1.29, 1.82) is 0 Å². The van der Waals surface area contributed by atoms with Gasteiger partial charge in [0.25, 0.3) is 0 Å². The highest BCUT2D eigenvalue weighted by Crippen LogP contribution is 2.29. The van der Waals surface area contributed by atoms with Crippen LogP contribution < -0.4 is 5.32 Å². The first kappa shape index (κ1) is 16.7. The Hall–Kier alpha value is -2.68. The summed E-state index contributed by atoms with van der Waals surface area (Å²) in [5.74, 6) is -2.21. The van der Waals surface area contributed by atoms with Crippen LogP contribution in [-0.4, -0.2) is 39.8 Å². The molecule has 0 aromatic carbocycles. The Morgan fingerprint density at radius 1 is 1.43 bits per heavy atom. The topological polar surface area (TPSA) is 111 Å². The second kappa shape index (κ2) is 6.61. The van der Waals surface area contributed by atoms with Crippen LogP contribution in [0.3, 0.4) is 0 Å². The second-order valence-electron chi connectivity index (χ2n) is 4.72. The molecule has 0 aliphatic carbocycles. The molecule has 0 saturated carbocycles. The SMILES string of the molecule is COC(=O)c1cc(C)sc1NC(=O)C(C)n1nccc1C(=O)O. The number of nitrogens with one attached hydrogen (secondary N) is 1. The minimum atomic E-state index is -1.18. The molecule has 2 aromatic rings. The van der Waals surface area contributed by atoms with Gasteiger partial charge < -0.3 is 15.2 Å². The molecule has 9 heteroatoms. The van der Waals surface area contributed by atoms with E-state index in [1.807, 2.05) is 0 Å². The zero-order valence-corrected chi connectivity index (χ0v) is 13.5. The molecular weight excluding hydrogens is 322 g/mol. The molecule has 8 nitrogen and oxygen atoms in total. The van der Waals surface area contributed by atoms with E-state index in [1.165, 1.54) is 37.6 Å². The highest BCUT2D eigenvalue weighted by Gasteiger charge is 2.24. The molecule has 0 spiro atoms. The molecule has 2 heterocycles. The van der Waals surface area contributed by atoms with E-state index in [4.69, 9.17) is 5.11 Å². The molecule has 0 fully saturated rings. The summed E-state index contributed by atoms with van der Waals surface area (Å²) in [7, 11) is 1.26. The van der Waals surface area contributed by atoms with E-state index < -0.39 is 23.9 Å². The van der Waals surface area contributed by atoms with Gasteiger partial charge in [0.2, 0.25) is 5.91 Å². The average Bonchev–Trinajstić information content (AvgIpc) is 3.12. The standard InChI is InChI=1S/C14H15N3O5S/c1-7-6-9(14(21)22-3)12(23-7)16-11(18)8(2)17-10(13(19)20)4-5-15-17/h4-6,8H,1-3H3,(H,16,18)(H,19,20). The molecule has 122 valence electrons. The third-order valence-corrected chi connectivity index (χ3v) is 4.10. The van der Waals surface area contributed by atoms with Crippen LogP contribution in [0.15, 0.2) is 18.3 Å². The summed E-state index contributed by atoms with van der Waals surface area (Å²) in [6.45, 7) is 3.32. The molecule has 1 atom stereocenters. The van der Waals surface area contributed by atoms with E-state index in [9.17, 15) is 14.4 Å². The zero-order chi connectivity index (χ0) is 17.1. The Morgan fingerprint density at radius 3 is 2.74 bits per heavy atom. The van der Waals surface area contributed by atoms with Crippen LogP contribution in [0.4, 0.5) is 5.00 Å². The van der Waals surface area contributed by atoms with Crippen LogP contribution in [0, 0.1) is 6.92 Å². The largest absolute Gasteiger partial charge is 0.477 e. The highest BCUT2D eigenvalue weighted by molar-refractivity contribution is 7.16. The summed E-state index contributed by atoms with van der Waals surface area (Å²) in [5.41, 5.74) is 0.165. The number of nitrogens with zero attached hydrogens (tertiary/aromatic N) is 2. The maximum atomic E-state index is 12.3. The minimum Gasteiger partial charge on any atom is -0.477 e. The number of carbonyl (C=O) groups excluding carboxylic acids is 2. The Labute approximate surface area is 135 Å². The number of aromatic nitrogens is 2. The summed E-state index contributed by atoms with van der Waals surface area (Å²) in [6, 6.07) is 2.07. The van der Waals surface area contributed by atoms with Gasteiger partial charge >= 0.3 is 11.9 Å². The minimum absolute atomic E-state index is 0.0943. The van der Waals surface area contributed by atoms with Gasteiger partial charge in [-0.3, -0.25) is 4.79 Å². The van der Waals surface area contributed by atoms with Gasteiger partial charge in [-0.05, 0) is 26.0 Å². The number of ether oxygens (including phenoxy) is 1. The van der Waals surface area contributed by atoms with Crippen molar-refractivity contribution in [2.75, 3.05) is 12.4 Å². The van der Waals surface area contributed by atoms with E-state index >= 15 is 0 Å². The van der Waals surface area contributed by atoms with Crippen molar-refractivity contribution >= 4 is 34.2 Å². The molecule has 23 heavy (non-hydrogen) atoms. The average molecular weight is 337 g/mol. The molecule has 0 bridgehead atoms. The first-order chi connectivity index (χ1) is 10.8. The highest BCUT2D eigenvalue weighted by atomic mass is 32.1. The van der Waals surface area contributed by atoms with E-state index in [2.05, 4.69) is 15.2 Å². The number of hydrogen-bond donors (Lipinski definition) is 2. The number of esters is 1. The quantitative estimate of drug-likeness (QED) is 0.807. The maximum Gasteiger partial charge on any atom is 0.354 e. The summed E-state index contributed by atoms with van der Waals surface area (Å²) in [5, 5.41) is 15.9. The van der Waals surface area contributed by atoms with Crippen LogP contribution >= 0.6 is 11.3 Å². The van der Waals surface area contributed by atoms with Crippen molar-refractivity contribution < 1.29 is 24.2 Å². The smallest absolute Gasteiger partial charge is 0.354 e. The molecule has 2 N–H and O–H groups in total. The first-order valence-corrected chi connectivity index (χ1v) is 7.43. The third-order valence-electron chi connectivity index (χ3n) is 3.13. The van der Waals surface area contributed by atoms with Gasteiger partial charge in [-0.1, -0.05) is 0 Å². The van der Waals surface area contributed by atoms with Crippen LogP contribution in [0.2, 0.25) is 0 Å². The molecule has 0 aliphatic rings. The lowest BCUT2D eigenvalue weighted by atomic mass is 10.2. The van der Waals surface area contributed by atoms with Crippen LogP contribution in [0.1, 0.15) is 38.7 Å². The lowest BCUT2D eigenvalue weighted by molar-refractivity contribution is -0.119. The zero-order valence-electron chi connectivity index (χ0n) is 12.7. The summed E-state index contributed by atoms with van der Waals surface area (Å²) < 4.78 is 5.78. The summed E-state index contributed by atoms with van der Waals surface area (Å²) in [4.78, 5) is 36.0. The van der Waals surface area contributed by atoms with Crippen molar-refractivity contribution in [1.82, 2.24) is 9.78 Å². The number of rotatable bonds is 5. The number of thiophene rings is 1.